The molecule has 0 bridgehead atoms. The molecule has 1 fully saturated rings. The van der Waals surface area contributed by atoms with E-state index in [2.05, 4.69) is 12.1 Å². The molecule has 1 heterocycles. The summed E-state index contributed by atoms with van der Waals surface area (Å²) in [5.41, 5.74) is 3.27. The second kappa shape index (κ2) is 7.94. The molecule has 0 unspecified atom stereocenters. The van der Waals surface area contributed by atoms with Crippen LogP contribution >= 0.6 is 0 Å². The van der Waals surface area contributed by atoms with Crippen LogP contribution in [-0.2, 0) is 16.0 Å². The standard InChI is InChI=1S/C20H22N2O3/c23-15-20(25)22-12-10-21(11-13-22)19(24)14-16-6-8-18(9-7-16)17-4-2-1-3-5-17/h1-9,23H,10-15H2. The summed E-state index contributed by atoms with van der Waals surface area (Å²) in [7, 11) is 0. The van der Waals surface area contributed by atoms with Crippen LogP contribution in [0.5, 0.6) is 0 Å². The molecule has 130 valence electrons. The van der Waals surface area contributed by atoms with Crippen molar-refractivity contribution in [2.45, 2.75) is 6.42 Å². The van der Waals surface area contributed by atoms with Crippen LogP contribution in [0.4, 0.5) is 0 Å². The van der Waals surface area contributed by atoms with E-state index >= 15 is 0 Å². The van der Waals surface area contributed by atoms with Gasteiger partial charge in [0.2, 0.25) is 11.8 Å². The normalized spacial score (nSPS) is 14.4. The van der Waals surface area contributed by atoms with Crippen LogP contribution < -0.4 is 0 Å². The molecule has 0 aromatic heterocycles. The number of carbonyl (C=O) groups excluding carboxylic acids is 2. The Bertz CT molecular complexity index is 720. The monoisotopic (exact) mass is 338 g/mol. The van der Waals surface area contributed by atoms with E-state index in [0.29, 0.717) is 32.6 Å². The van der Waals surface area contributed by atoms with Crippen LogP contribution in [0, 0.1) is 0 Å². The maximum atomic E-state index is 12.4. The van der Waals surface area contributed by atoms with Gasteiger partial charge in [-0.05, 0) is 16.7 Å². The Balaban J connectivity index is 1.56. The quantitative estimate of drug-likeness (QED) is 0.920. The van der Waals surface area contributed by atoms with Gasteiger partial charge in [0.25, 0.3) is 0 Å². The first kappa shape index (κ1) is 17.2. The number of carbonyl (C=O) groups is 2. The second-order valence-electron chi connectivity index (χ2n) is 6.16. The van der Waals surface area contributed by atoms with Crippen LogP contribution in [0.3, 0.4) is 0 Å². The number of nitrogens with zero attached hydrogens (tertiary/aromatic N) is 2. The number of amides is 2. The highest BCUT2D eigenvalue weighted by Gasteiger charge is 2.23. The maximum Gasteiger partial charge on any atom is 0.248 e. The Morgan fingerprint density at radius 2 is 1.28 bits per heavy atom. The molecule has 25 heavy (non-hydrogen) atoms. The Kier molecular flexibility index (Phi) is 5.46. The average molecular weight is 338 g/mol. The summed E-state index contributed by atoms with van der Waals surface area (Å²) in [4.78, 5) is 27.3. The highest BCUT2D eigenvalue weighted by atomic mass is 16.3. The third kappa shape index (κ3) is 4.25. The number of aliphatic hydroxyl groups is 1. The molecule has 2 amide bonds. The van der Waals surface area contributed by atoms with E-state index in [-0.39, 0.29) is 11.8 Å². The fourth-order valence-corrected chi connectivity index (χ4v) is 3.04. The average Bonchev–Trinajstić information content (AvgIpc) is 2.68. The van der Waals surface area contributed by atoms with Gasteiger partial charge in [0.05, 0.1) is 6.42 Å². The van der Waals surface area contributed by atoms with Gasteiger partial charge in [0, 0.05) is 26.2 Å². The predicted octanol–water partition coefficient (Wildman–Crippen LogP) is 1.56. The van der Waals surface area contributed by atoms with Gasteiger partial charge in [0.15, 0.2) is 0 Å². The van der Waals surface area contributed by atoms with Crippen molar-refractivity contribution in [2.24, 2.45) is 0 Å². The van der Waals surface area contributed by atoms with Crippen LogP contribution in [0.25, 0.3) is 11.1 Å². The van der Waals surface area contributed by atoms with E-state index in [1.165, 1.54) is 0 Å². The largest absolute Gasteiger partial charge is 0.387 e. The fraction of sp³-hybridized carbons (Fsp3) is 0.300. The molecule has 0 aliphatic carbocycles. The van der Waals surface area contributed by atoms with Crippen molar-refractivity contribution in [3.63, 3.8) is 0 Å². The highest BCUT2D eigenvalue weighted by Crippen LogP contribution is 2.19. The number of rotatable bonds is 4. The SMILES string of the molecule is O=C(CO)N1CCN(C(=O)Cc2ccc(-c3ccccc3)cc2)CC1. The Morgan fingerprint density at radius 3 is 1.84 bits per heavy atom. The van der Waals surface area contributed by atoms with Crippen molar-refractivity contribution in [1.82, 2.24) is 9.80 Å². The Hall–Kier alpha value is -2.66. The van der Waals surface area contributed by atoms with E-state index in [9.17, 15) is 9.59 Å². The molecule has 5 heteroatoms. The zero-order chi connectivity index (χ0) is 17.6. The molecule has 1 N–H and O–H groups in total. The summed E-state index contributed by atoms with van der Waals surface area (Å²) in [5, 5.41) is 8.89. The summed E-state index contributed by atoms with van der Waals surface area (Å²) in [5.74, 6) is -0.202. The minimum atomic E-state index is -0.471. The molecule has 0 radical (unpaired) electrons. The Morgan fingerprint density at radius 1 is 0.760 bits per heavy atom. The van der Waals surface area contributed by atoms with Crippen LogP contribution in [0.1, 0.15) is 5.56 Å². The summed E-state index contributed by atoms with van der Waals surface area (Å²) < 4.78 is 0. The van der Waals surface area contributed by atoms with Crippen molar-refractivity contribution >= 4 is 11.8 Å². The lowest BCUT2D eigenvalue weighted by Gasteiger charge is -2.34. The molecule has 5 nitrogen and oxygen atoms in total. The molecule has 1 aliphatic rings. The van der Waals surface area contributed by atoms with Crippen molar-refractivity contribution in [3.8, 4) is 11.1 Å². The minimum Gasteiger partial charge on any atom is -0.387 e. The number of hydrogen-bond donors (Lipinski definition) is 1. The first-order chi connectivity index (χ1) is 12.2. The fourth-order valence-electron chi connectivity index (χ4n) is 3.04. The van der Waals surface area contributed by atoms with Crippen molar-refractivity contribution in [2.75, 3.05) is 32.8 Å². The van der Waals surface area contributed by atoms with E-state index < -0.39 is 6.61 Å². The van der Waals surface area contributed by atoms with E-state index in [1.54, 1.807) is 9.80 Å². The van der Waals surface area contributed by atoms with Gasteiger partial charge in [-0.25, -0.2) is 0 Å². The van der Waals surface area contributed by atoms with Gasteiger partial charge in [0.1, 0.15) is 6.61 Å². The highest BCUT2D eigenvalue weighted by molar-refractivity contribution is 5.80. The molecule has 1 saturated heterocycles. The molecular formula is C20H22N2O3. The first-order valence-corrected chi connectivity index (χ1v) is 8.48. The summed E-state index contributed by atoms with van der Waals surface area (Å²) in [6.07, 6.45) is 0.364. The van der Waals surface area contributed by atoms with Crippen molar-refractivity contribution in [1.29, 1.82) is 0 Å². The van der Waals surface area contributed by atoms with Gasteiger partial charge in [-0.2, -0.15) is 0 Å². The Labute approximate surface area is 147 Å². The lowest BCUT2D eigenvalue weighted by Crippen LogP contribution is -2.51. The van der Waals surface area contributed by atoms with Gasteiger partial charge in [-0.3, -0.25) is 9.59 Å². The predicted molar refractivity (Wildman–Crippen MR) is 95.8 cm³/mol. The van der Waals surface area contributed by atoms with Crippen LogP contribution in [-0.4, -0.2) is 59.5 Å². The maximum absolute atomic E-state index is 12.4. The van der Waals surface area contributed by atoms with Crippen LogP contribution in [0.2, 0.25) is 0 Å². The zero-order valence-corrected chi connectivity index (χ0v) is 14.1. The molecule has 0 saturated carbocycles. The number of hydrogen-bond acceptors (Lipinski definition) is 3. The molecule has 1 aliphatic heterocycles. The third-order valence-electron chi connectivity index (χ3n) is 4.54. The van der Waals surface area contributed by atoms with Gasteiger partial charge in [-0.15, -0.1) is 0 Å². The summed E-state index contributed by atoms with van der Waals surface area (Å²) in [6, 6.07) is 18.2. The summed E-state index contributed by atoms with van der Waals surface area (Å²) >= 11 is 0. The molecular weight excluding hydrogens is 316 g/mol. The van der Waals surface area contributed by atoms with Crippen LogP contribution in [0.15, 0.2) is 54.6 Å². The lowest BCUT2D eigenvalue weighted by atomic mass is 10.0. The first-order valence-electron chi connectivity index (χ1n) is 8.48. The van der Waals surface area contributed by atoms with Gasteiger partial charge in [-0.1, -0.05) is 54.6 Å². The number of benzene rings is 2. The molecule has 0 atom stereocenters. The van der Waals surface area contributed by atoms with Crippen molar-refractivity contribution < 1.29 is 14.7 Å². The van der Waals surface area contributed by atoms with Gasteiger partial charge >= 0.3 is 0 Å². The third-order valence-corrected chi connectivity index (χ3v) is 4.54. The molecule has 2 aromatic rings. The molecule has 2 aromatic carbocycles. The molecule has 0 spiro atoms. The number of aliphatic hydroxyl groups excluding tert-OH is 1. The molecule has 3 rings (SSSR count). The van der Waals surface area contributed by atoms with Crippen molar-refractivity contribution in [3.05, 3.63) is 60.2 Å². The second-order valence-corrected chi connectivity index (χ2v) is 6.16. The topological polar surface area (TPSA) is 60.9 Å². The lowest BCUT2D eigenvalue weighted by molar-refractivity contribution is -0.140. The van der Waals surface area contributed by atoms with Gasteiger partial charge < -0.3 is 14.9 Å². The smallest absolute Gasteiger partial charge is 0.248 e. The number of piperazine rings is 1. The van der Waals surface area contributed by atoms with E-state index in [1.807, 2.05) is 42.5 Å². The summed E-state index contributed by atoms with van der Waals surface area (Å²) in [6.45, 7) is 1.54. The van der Waals surface area contributed by atoms with E-state index in [4.69, 9.17) is 5.11 Å². The zero-order valence-electron chi connectivity index (χ0n) is 14.1. The minimum absolute atomic E-state index is 0.0727. The van der Waals surface area contributed by atoms with E-state index in [0.717, 1.165) is 16.7 Å².